The number of nitrogens with zero attached hydrogens (tertiary/aromatic N) is 5. The van der Waals surface area contributed by atoms with Crippen LogP contribution in [0, 0.1) is 6.57 Å². The first-order valence-corrected chi connectivity index (χ1v) is 6.82. The van der Waals surface area contributed by atoms with Crippen molar-refractivity contribution in [1.29, 1.82) is 0 Å². The van der Waals surface area contributed by atoms with Crippen LogP contribution >= 0.6 is 0 Å². The number of likely N-dealkylation sites (N-methyl/N-ethyl adjacent to an activating group) is 1. The first-order chi connectivity index (χ1) is 10.2. The molecule has 1 amide bonds. The van der Waals surface area contributed by atoms with E-state index in [4.69, 9.17) is 6.57 Å². The Labute approximate surface area is 122 Å². The van der Waals surface area contributed by atoms with Crippen molar-refractivity contribution < 1.29 is 4.79 Å². The zero-order chi connectivity index (χ0) is 14.8. The summed E-state index contributed by atoms with van der Waals surface area (Å²) in [5.41, 5.74) is 0.820. The van der Waals surface area contributed by atoms with E-state index in [0.717, 1.165) is 36.4 Å². The van der Waals surface area contributed by atoms with Crippen molar-refractivity contribution >= 4 is 22.8 Å². The second-order valence-corrected chi connectivity index (χ2v) is 5.15. The number of carbonyl (C=O) groups excluding carboxylic acids is 1. The van der Waals surface area contributed by atoms with Crippen molar-refractivity contribution in [3.63, 3.8) is 0 Å². The number of aromatic nitrogens is 3. The minimum absolute atomic E-state index is 0.0808. The average Bonchev–Trinajstić information content (AvgIpc) is 3.15. The van der Waals surface area contributed by atoms with E-state index in [0.29, 0.717) is 0 Å². The molecule has 2 aromatic rings. The van der Waals surface area contributed by atoms with Gasteiger partial charge in [0.1, 0.15) is 17.8 Å². The van der Waals surface area contributed by atoms with Gasteiger partial charge in [-0.3, -0.25) is 4.79 Å². The fraction of sp³-hybridized carbons (Fsp3) is 0.429. The van der Waals surface area contributed by atoms with Crippen LogP contribution in [0.4, 0.5) is 5.82 Å². The highest BCUT2D eigenvalue weighted by molar-refractivity contribution is 5.87. The average molecular weight is 284 g/mol. The summed E-state index contributed by atoms with van der Waals surface area (Å²) < 4.78 is 0. The summed E-state index contributed by atoms with van der Waals surface area (Å²) in [4.78, 5) is 30.5. The van der Waals surface area contributed by atoms with Crippen LogP contribution in [0.1, 0.15) is 6.42 Å². The molecule has 1 N–H and O–H groups in total. The van der Waals surface area contributed by atoms with Crippen LogP contribution in [0.15, 0.2) is 18.6 Å². The highest BCUT2D eigenvalue weighted by Gasteiger charge is 2.30. The Morgan fingerprint density at radius 2 is 2.48 bits per heavy atom. The topological polar surface area (TPSA) is 69.5 Å². The maximum Gasteiger partial charge on any atom is 0.302 e. The maximum absolute atomic E-state index is 11.8. The van der Waals surface area contributed by atoms with Crippen molar-refractivity contribution in [3.8, 4) is 0 Å². The number of fused-ring (bicyclic) bond motifs is 1. The third kappa shape index (κ3) is 2.40. The number of hydrogen-bond donors (Lipinski definition) is 1. The summed E-state index contributed by atoms with van der Waals surface area (Å²) in [5, 5.41) is 0.994. The van der Waals surface area contributed by atoms with Gasteiger partial charge in [0.05, 0.1) is 11.4 Å². The smallest absolute Gasteiger partial charge is 0.302 e. The monoisotopic (exact) mass is 284 g/mol. The molecule has 0 bridgehead atoms. The lowest BCUT2D eigenvalue weighted by molar-refractivity contribution is -0.129. The quantitative estimate of drug-likeness (QED) is 0.851. The minimum atomic E-state index is -0.119. The molecule has 0 aromatic carbocycles. The standard InChI is InChI=1S/C14H16N6O/c1-15-7-12(21)19(2)10-4-6-20(8-10)14-11-3-5-16-13(11)17-9-18-14/h3,5,9-10H,4,6-8H2,2H3,(H,16,17,18)/t10-/m1/s1. The molecule has 0 unspecified atom stereocenters. The van der Waals surface area contributed by atoms with Crippen molar-refractivity contribution in [2.24, 2.45) is 0 Å². The van der Waals surface area contributed by atoms with Crippen LogP contribution in [0.25, 0.3) is 15.9 Å². The largest absolute Gasteiger partial charge is 0.354 e. The molecular weight excluding hydrogens is 268 g/mol. The van der Waals surface area contributed by atoms with Gasteiger partial charge in [-0.1, -0.05) is 0 Å². The molecule has 1 aliphatic heterocycles. The summed E-state index contributed by atoms with van der Waals surface area (Å²) >= 11 is 0. The van der Waals surface area contributed by atoms with Gasteiger partial charge in [-0.15, -0.1) is 0 Å². The molecule has 0 aliphatic carbocycles. The number of amides is 1. The summed E-state index contributed by atoms with van der Waals surface area (Å²) in [6, 6.07) is 2.09. The van der Waals surface area contributed by atoms with E-state index in [9.17, 15) is 4.79 Å². The number of hydrogen-bond acceptors (Lipinski definition) is 4. The van der Waals surface area contributed by atoms with Gasteiger partial charge in [0.25, 0.3) is 6.54 Å². The predicted molar refractivity (Wildman–Crippen MR) is 78.7 cm³/mol. The summed E-state index contributed by atoms with van der Waals surface area (Å²) in [6.07, 6.45) is 4.29. The van der Waals surface area contributed by atoms with E-state index >= 15 is 0 Å². The molecule has 3 heterocycles. The van der Waals surface area contributed by atoms with E-state index in [1.807, 2.05) is 12.3 Å². The first kappa shape index (κ1) is 13.4. The molecule has 7 heteroatoms. The van der Waals surface area contributed by atoms with Gasteiger partial charge in [0, 0.05) is 26.3 Å². The molecule has 108 valence electrons. The van der Waals surface area contributed by atoms with E-state index in [1.54, 1.807) is 18.3 Å². The molecule has 3 rings (SSSR count). The van der Waals surface area contributed by atoms with Crippen molar-refractivity contribution in [2.45, 2.75) is 12.5 Å². The van der Waals surface area contributed by atoms with E-state index < -0.39 is 0 Å². The number of H-pyrrole nitrogens is 1. The lowest BCUT2D eigenvalue weighted by Crippen LogP contribution is -2.40. The number of anilines is 1. The lowest BCUT2D eigenvalue weighted by Gasteiger charge is -2.23. The van der Waals surface area contributed by atoms with Gasteiger partial charge in [0.15, 0.2) is 0 Å². The van der Waals surface area contributed by atoms with E-state index in [2.05, 4.69) is 24.7 Å². The van der Waals surface area contributed by atoms with Gasteiger partial charge >= 0.3 is 5.91 Å². The van der Waals surface area contributed by atoms with Crippen molar-refractivity contribution in [2.75, 3.05) is 31.6 Å². The fourth-order valence-corrected chi connectivity index (χ4v) is 2.74. The van der Waals surface area contributed by atoms with Crippen LogP contribution in [0.2, 0.25) is 0 Å². The summed E-state index contributed by atoms with van der Waals surface area (Å²) in [5.74, 6) is 0.779. The molecule has 1 atom stereocenters. The molecule has 0 spiro atoms. The van der Waals surface area contributed by atoms with Gasteiger partial charge in [-0.25, -0.2) is 16.5 Å². The SMILES string of the molecule is [C-]#[N+]CC(=O)N(C)[C@@H]1CCN(c2ncnc3[nH]ccc23)C1. The zero-order valence-electron chi connectivity index (χ0n) is 11.8. The Kier molecular flexibility index (Phi) is 3.44. The Hall–Kier alpha value is -2.62. The molecule has 1 aliphatic rings. The van der Waals surface area contributed by atoms with Crippen LogP contribution < -0.4 is 4.90 Å². The molecule has 1 fully saturated rings. The maximum atomic E-state index is 11.8. The van der Waals surface area contributed by atoms with Crippen LogP contribution in [-0.4, -0.2) is 58.5 Å². The van der Waals surface area contributed by atoms with Gasteiger partial charge in [-0.2, -0.15) is 0 Å². The highest BCUT2D eigenvalue weighted by atomic mass is 16.2. The second kappa shape index (κ2) is 5.40. The Morgan fingerprint density at radius 1 is 1.62 bits per heavy atom. The van der Waals surface area contributed by atoms with Gasteiger partial charge in [-0.05, 0) is 12.5 Å². The van der Waals surface area contributed by atoms with Crippen LogP contribution in [-0.2, 0) is 4.79 Å². The number of aromatic amines is 1. The highest BCUT2D eigenvalue weighted by Crippen LogP contribution is 2.26. The third-order valence-electron chi connectivity index (χ3n) is 3.95. The Balaban J connectivity index is 1.77. The zero-order valence-corrected chi connectivity index (χ0v) is 11.8. The molecule has 2 aromatic heterocycles. The van der Waals surface area contributed by atoms with Crippen molar-refractivity contribution in [1.82, 2.24) is 19.9 Å². The molecule has 7 nitrogen and oxygen atoms in total. The summed E-state index contributed by atoms with van der Waals surface area (Å²) in [7, 11) is 1.77. The fourth-order valence-electron chi connectivity index (χ4n) is 2.74. The van der Waals surface area contributed by atoms with Crippen molar-refractivity contribution in [3.05, 3.63) is 30.0 Å². The molecular formula is C14H16N6O. The Morgan fingerprint density at radius 3 is 3.29 bits per heavy atom. The predicted octanol–water partition coefficient (Wildman–Crippen LogP) is 0.914. The molecule has 1 saturated heterocycles. The normalized spacial score (nSPS) is 17.9. The number of rotatable bonds is 3. The van der Waals surface area contributed by atoms with E-state index in [-0.39, 0.29) is 18.5 Å². The minimum Gasteiger partial charge on any atom is -0.354 e. The second-order valence-electron chi connectivity index (χ2n) is 5.15. The molecule has 21 heavy (non-hydrogen) atoms. The molecule has 0 radical (unpaired) electrons. The summed E-state index contributed by atoms with van der Waals surface area (Å²) in [6.45, 7) is 8.29. The lowest BCUT2D eigenvalue weighted by atomic mass is 10.2. The molecule has 0 saturated carbocycles. The van der Waals surface area contributed by atoms with Crippen LogP contribution in [0.5, 0.6) is 0 Å². The third-order valence-corrected chi connectivity index (χ3v) is 3.95. The van der Waals surface area contributed by atoms with Gasteiger partial charge < -0.3 is 19.6 Å². The van der Waals surface area contributed by atoms with Crippen LogP contribution in [0.3, 0.4) is 0 Å². The Bertz CT molecular complexity index is 703. The van der Waals surface area contributed by atoms with Gasteiger partial charge in [0.2, 0.25) is 0 Å². The number of carbonyl (C=O) groups is 1. The number of nitrogens with one attached hydrogen (secondary N) is 1. The first-order valence-electron chi connectivity index (χ1n) is 6.82. The van der Waals surface area contributed by atoms with E-state index in [1.165, 1.54) is 0 Å².